The molecule has 0 spiro atoms. The van der Waals surface area contributed by atoms with E-state index in [1.54, 1.807) is 0 Å². The third kappa shape index (κ3) is 1.23. The van der Waals surface area contributed by atoms with E-state index in [1.807, 2.05) is 11.3 Å². The molecule has 2 heterocycles. The lowest BCUT2D eigenvalue weighted by Gasteiger charge is -2.07. The second-order valence-electron chi connectivity index (χ2n) is 3.57. The maximum atomic E-state index is 3.55. The molecule has 1 atom stereocenters. The Hall–Kier alpha value is -1.28. The highest BCUT2D eigenvalue weighted by Gasteiger charge is 2.21. The van der Waals surface area contributed by atoms with E-state index >= 15 is 0 Å². The van der Waals surface area contributed by atoms with Gasteiger partial charge in [-0.15, -0.1) is 11.3 Å². The highest BCUT2D eigenvalue weighted by atomic mass is 32.1. The van der Waals surface area contributed by atoms with Crippen LogP contribution in [0.1, 0.15) is 16.5 Å². The maximum Gasteiger partial charge on any atom is 0.0647 e. The van der Waals surface area contributed by atoms with E-state index in [1.165, 1.54) is 16.1 Å². The first kappa shape index (κ1) is 8.06. The summed E-state index contributed by atoms with van der Waals surface area (Å²) in [7, 11) is 0. The van der Waals surface area contributed by atoms with Crippen molar-refractivity contribution in [1.29, 1.82) is 0 Å². The second-order valence-corrected chi connectivity index (χ2v) is 4.55. The molecule has 0 saturated heterocycles. The van der Waals surface area contributed by atoms with Gasteiger partial charge in [-0.3, -0.25) is 0 Å². The van der Waals surface area contributed by atoms with E-state index in [4.69, 9.17) is 0 Å². The SMILES string of the molecule is c1csc(C2Cc3ccccc3N2)c1. The van der Waals surface area contributed by atoms with Gasteiger partial charge in [0.2, 0.25) is 0 Å². The molecule has 1 nitrogen and oxygen atoms in total. The number of hydrogen-bond acceptors (Lipinski definition) is 2. The third-order valence-corrected chi connectivity index (χ3v) is 3.64. The molecule has 1 unspecified atom stereocenters. The molecule has 0 radical (unpaired) electrons. The van der Waals surface area contributed by atoms with Crippen LogP contribution >= 0.6 is 11.3 Å². The van der Waals surface area contributed by atoms with Crippen LogP contribution in [-0.2, 0) is 6.42 Å². The second kappa shape index (κ2) is 3.14. The molecular formula is C12H11NS. The van der Waals surface area contributed by atoms with E-state index in [-0.39, 0.29) is 0 Å². The number of rotatable bonds is 1. The summed E-state index contributed by atoms with van der Waals surface area (Å²) in [6.45, 7) is 0. The lowest BCUT2D eigenvalue weighted by molar-refractivity contribution is 0.843. The van der Waals surface area contributed by atoms with Crippen molar-refractivity contribution in [3.8, 4) is 0 Å². The first-order chi connectivity index (χ1) is 6.93. The van der Waals surface area contributed by atoms with Gasteiger partial charge < -0.3 is 5.32 Å². The van der Waals surface area contributed by atoms with E-state index in [2.05, 4.69) is 47.1 Å². The first-order valence-corrected chi connectivity index (χ1v) is 5.69. The molecule has 1 N–H and O–H groups in total. The Balaban J connectivity index is 1.92. The van der Waals surface area contributed by atoms with E-state index in [0.29, 0.717) is 6.04 Å². The van der Waals surface area contributed by atoms with Gasteiger partial charge in [-0.05, 0) is 29.5 Å². The number of thiophene rings is 1. The zero-order valence-corrected chi connectivity index (χ0v) is 8.55. The number of anilines is 1. The van der Waals surface area contributed by atoms with E-state index in [9.17, 15) is 0 Å². The Morgan fingerprint density at radius 2 is 2.07 bits per heavy atom. The van der Waals surface area contributed by atoms with Gasteiger partial charge in [-0.1, -0.05) is 24.3 Å². The molecule has 2 aromatic rings. The summed E-state index contributed by atoms with van der Waals surface area (Å²) in [5.41, 5.74) is 2.73. The monoisotopic (exact) mass is 201 g/mol. The third-order valence-electron chi connectivity index (χ3n) is 2.66. The van der Waals surface area contributed by atoms with Crippen LogP contribution in [0.15, 0.2) is 41.8 Å². The fourth-order valence-corrected chi connectivity index (χ4v) is 2.74. The normalized spacial score (nSPS) is 19.0. The van der Waals surface area contributed by atoms with Gasteiger partial charge in [0.05, 0.1) is 6.04 Å². The zero-order valence-electron chi connectivity index (χ0n) is 7.73. The highest BCUT2D eigenvalue weighted by Crippen LogP contribution is 2.35. The Kier molecular flexibility index (Phi) is 1.81. The highest BCUT2D eigenvalue weighted by molar-refractivity contribution is 7.10. The van der Waals surface area contributed by atoms with Crippen LogP contribution in [-0.4, -0.2) is 0 Å². The molecule has 0 saturated carbocycles. The Morgan fingerprint density at radius 1 is 1.14 bits per heavy atom. The first-order valence-electron chi connectivity index (χ1n) is 4.81. The molecule has 0 bridgehead atoms. The van der Waals surface area contributed by atoms with Crippen LogP contribution in [0.4, 0.5) is 5.69 Å². The van der Waals surface area contributed by atoms with Gasteiger partial charge in [0.15, 0.2) is 0 Å². The van der Waals surface area contributed by atoms with Gasteiger partial charge in [-0.25, -0.2) is 0 Å². The van der Waals surface area contributed by atoms with Crippen molar-refractivity contribution in [2.24, 2.45) is 0 Å². The van der Waals surface area contributed by atoms with Crippen molar-refractivity contribution in [3.63, 3.8) is 0 Å². The van der Waals surface area contributed by atoms with Crippen LogP contribution in [0.25, 0.3) is 0 Å². The predicted molar refractivity (Wildman–Crippen MR) is 60.8 cm³/mol. The fraction of sp³-hybridized carbons (Fsp3) is 0.167. The Bertz CT molecular complexity index is 408. The number of para-hydroxylation sites is 1. The maximum absolute atomic E-state index is 3.55. The van der Waals surface area contributed by atoms with Crippen molar-refractivity contribution in [3.05, 3.63) is 52.2 Å². The lowest BCUT2D eigenvalue weighted by Crippen LogP contribution is -2.02. The lowest BCUT2D eigenvalue weighted by atomic mass is 10.1. The molecule has 0 aliphatic carbocycles. The quantitative estimate of drug-likeness (QED) is 0.745. The molecule has 1 aromatic heterocycles. The average molecular weight is 201 g/mol. The molecule has 1 aliphatic rings. The van der Waals surface area contributed by atoms with Crippen LogP contribution in [0.5, 0.6) is 0 Å². The van der Waals surface area contributed by atoms with E-state index in [0.717, 1.165) is 6.42 Å². The molecule has 1 aliphatic heterocycles. The summed E-state index contributed by atoms with van der Waals surface area (Å²) in [6, 6.07) is 13.4. The molecule has 14 heavy (non-hydrogen) atoms. The molecule has 2 heteroatoms. The number of hydrogen-bond donors (Lipinski definition) is 1. The standard InChI is InChI=1S/C12H11NS/c1-2-5-10-9(4-1)8-11(13-10)12-6-3-7-14-12/h1-7,11,13H,8H2. The summed E-state index contributed by atoms with van der Waals surface area (Å²) in [5.74, 6) is 0. The van der Waals surface area contributed by atoms with Crippen molar-refractivity contribution in [2.75, 3.05) is 5.32 Å². The summed E-state index contributed by atoms with van der Waals surface area (Å²) in [5, 5.41) is 5.69. The predicted octanol–water partition coefficient (Wildman–Crippen LogP) is 3.46. The minimum atomic E-state index is 0.493. The van der Waals surface area contributed by atoms with Crippen LogP contribution in [0, 0.1) is 0 Å². The molecule has 70 valence electrons. The number of fused-ring (bicyclic) bond motifs is 1. The molecule has 1 aromatic carbocycles. The summed E-state index contributed by atoms with van der Waals surface area (Å²) in [4.78, 5) is 1.43. The minimum absolute atomic E-state index is 0.493. The molecule has 0 amide bonds. The van der Waals surface area contributed by atoms with Gasteiger partial charge >= 0.3 is 0 Å². The van der Waals surface area contributed by atoms with Crippen molar-refractivity contribution in [2.45, 2.75) is 12.5 Å². The smallest absolute Gasteiger partial charge is 0.0647 e. The van der Waals surface area contributed by atoms with Crippen molar-refractivity contribution >= 4 is 17.0 Å². The summed E-state index contributed by atoms with van der Waals surface area (Å²) >= 11 is 1.83. The van der Waals surface area contributed by atoms with Crippen molar-refractivity contribution < 1.29 is 0 Å². The van der Waals surface area contributed by atoms with Crippen LogP contribution < -0.4 is 5.32 Å². The number of benzene rings is 1. The molecule has 3 rings (SSSR count). The topological polar surface area (TPSA) is 12.0 Å². The van der Waals surface area contributed by atoms with Gasteiger partial charge in [0.1, 0.15) is 0 Å². The van der Waals surface area contributed by atoms with Gasteiger partial charge in [0.25, 0.3) is 0 Å². The van der Waals surface area contributed by atoms with Crippen LogP contribution in [0.3, 0.4) is 0 Å². The summed E-state index contributed by atoms with van der Waals surface area (Å²) < 4.78 is 0. The fourth-order valence-electron chi connectivity index (χ4n) is 1.96. The molecular weight excluding hydrogens is 190 g/mol. The van der Waals surface area contributed by atoms with Gasteiger partial charge in [-0.2, -0.15) is 0 Å². The van der Waals surface area contributed by atoms with Crippen LogP contribution in [0.2, 0.25) is 0 Å². The van der Waals surface area contributed by atoms with E-state index < -0.39 is 0 Å². The largest absolute Gasteiger partial charge is 0.377 e. The Morgan fingerprint density at radius 3 is 2.86 bits per heavy atom. The zero-order chi connectivity index (χ0) is 9.38. The minimum Gasteiger partial charge on any atom is -0.377 e. The van der Waals surface area contributed by atoms with Gasteiger partial charge in [0, 0.05) is 10.6 Å². The Labute approximate surface area is 87.4 Å². The molecule has 0 fully saturated rings. The van der Waals surface area contributed by atoms with Crippen molar-refractivity contribution in [1.82, 2.24) is 0 Å². The number of nitrogens with one attached hydrogen (secondary N) is 1. The summed E-state index contributed by atoms with van der Waals surface area (Å²) in [6.07, 6.45) is 1.12. The average Bonchev–Trinajstić information content (AvgIpc) is 2.86.